The molecule has 0 aliphatic carbocycles. The van der Waals surface area contributed by atoms with Gasteiger partial charge in [-0.1, -0.05) is 0 Å². The Bertz CT molecular complexity index is 439. The molecule has 3 saturated heterocycles. The normalized spacial score (nSPS) is 30.4. The summed E-state index contributed by atoms with van der Waals surface area (Å²) in [6, 6.07) is 0.191. The second kappa shape index (κ2) is 4.93. The summed E-state index contributed by atoms with van der Waals surface area (Å²) >= 11 is 1.59. The van der Waals surface area contributed by atoms with Crippen LogP contribution < -0.4 is 5.32 Å². The smallest absolute Gasteiger partial charge is 0.332 e. The monoisotopic (exact) mass is 266 g/mol. The van der Waals surface area contributed by atoms with E-state index >= 15 is 0 Å². The molecule has 1 N–H and O–H groups in total. The van der Waals surface area contributed by atoms with Gasteiger partial charge in [0, 0.05) is 23.7 Å². The van der Waals surface area contributed by atoms with Crippen molar-refractivity contribution in [2.45, 2.75) is 23.8 Å². The highest BCUT2D eigenvalue weighted by Crippen LogP contribution is 2.27. The van der Waals surface area contributed by atoms with E-state index in [-0.39, 0.29) is 6.03 Å². The minimum atomic E-state index is -0.103. The summed E-state index contributed by atoms with van der Waals surface area (Å²) in [6.45, 7) is 3.37. The van der Waals surface area contributed by atoms with Crippen LogP contribution >= 0.6 is 11.8 Å². The van der Waals surface area contributed by atoms with Crippen molar-refractivity contribution < 1.29 is 4.79 Å². The van der Waals surface area contributed by atoms with Crippen molar-refractivity contribution in [2.24, 2.45) is 5.92 Å². The largest absolute Gasteiger partial charge is 0.342 e. The molecule has 4 rings (SSSR count). The zero-order valence-electron chi connectivity index (χ0n) is 10.5. The van der Waals surface area contributed by atoms with E-state index in [1.807, 2.05) is 6.26 Å². The van der Waals surface area contributed by atoms with Gasteiger partial charge in [-0.25, -0.2) is 4.79 Å². The summed E-state index contributed by atoms with van der Waals surface area (Å²) in [6.07, 6.45) is 7.90. The fourth-order valence-electron chi connectivity index (χ4n) is 2.88. The van der Waals surface area contributed by atoms with Gasteiger partial charge in [-0.15, -0.1) is 11.8 Å². The molecule has 1 atom stereocenters. The number of carbonyl (C=O) groups excluding carboxylic acids is 1. The number of fused-ring (bicyclic) bond motifs is 3. The highest BCUT2D eigenvalue weighted by atomic mass is 32.2. The van der Waals surface area contributed by atoms with Gasteiger partial charge in [0.25, 0.3) is 0 Å². The first kappa shape index (κ1) is 12.0. The van der Waals surface area contributed by atoms with Gasteiger partial charge in [-0.3, -0.25) is 0 Å². The molecule has 5 nitrogen and oxygen atoms in total. The zero-order valence-corrected chi connectivity index (χ0v) is 11.3. The van der Waals surface area contributed by atoms with Crippen molar-refractivity contribution in [3.8, 4) is 0 Å². The number of nitrogens with one attached hydrogen (secondary N) is 1. The van der Waals surface area contributed by atoms with Gasteiger partial charge in [0.05, 0.1) is 6.20 Å². The number of thioether (sulfide) groups is 1. The van der Waals surface area contributed by atoms with E-state index in [0.717, 1.165) is 11.4 Å². The predicted octanol–water partition coefficient (Wildman–Crippen LogP) is 1.26. The van der Waals surface area contributed by atoms with Crippen molar-refractivity contribution in [1.29, 1.82) is 0 Å². The quantitative estimate of drug-likeness (QED) is 0.819. The van der Waals surface area contributed by atoms with Crippen LogP contribution in [0.25, 0.3) is 0 Å². The molecule has 0 aromatic carbocycles. The zero-order chi connectivity index (χ0) is 12.5. The lowest BCUT2D eigenvalue weighted by Crippen LogP contribution is -2.57. The summed E-state index contributed by atoms with van der Waals surface area (Å²) in [7, 11) is 0. The van der Waals surface area contributed by atoms with Crippen LogP contribution in [0.4, 0.5) is 4.79 Å². The molecular formula is C12H18N4OS. The van der Waals surface area contributed by atoms with Crippen LogP contribution in [0, 0.1) is 5.92 Å². The fourth-order valence-corrected chi connectivity index (χ4v) is 3.23. The maximum atomic E-state index is 12.1. The first-order valence-electron chi connectivity index (χ1n) is 6.38. The third-order valence-corrected chi connectivity index (χ3v) is 4.65. The van der Waals surface area contributed by atoms with E-state index in [2.05, 4.69) is 15.3 Å². The lowest BCUT2D eigenvalue weighted by molar-refractivity contribution is 0.0765. The SMILES string of the molecule is CSc1cnn(C(=O)N[C@H]2CN3CCC2CC3)c1. The average molecular weight is 266 g/mol. The number of hydrogen-bond donors (Lipinski definition) is 1. The van der Waals surface area contributed by atoms with E-state index in [0.29, 0.717) is 12.0 Å². The summed E-state index contributed by atoms with van der Waals surface area (Å²) in [5.74, 6) is 0.648. The van der Waals surface area contributed by atoms with Crippen LogP contribution in [0.3, 0.4) is 0 Å². The van der Waals surface area contributed by atoms with Gasteiger partial charge < -0.3 is 10.2 Å². The van der Waals surface area contributed by atoms with Crippen molar-refractivity contribution in [2.75, 3.05) is 25.9 Å². The maximum absolute atomic E-state index is 12.1. The van der Waals surface area contributed by atoms with Crippen LogP contribution in [0.1, 0.15) is 12.8 Å². The Hall–Kier alpha value is -1.01. The molecule has 1 aromatic heterocycles. The lowest BCUT2D eigenvalue weighted by Gasteiger charge is -2.44. The van der Waals surface area contributed by atoms with E-state index in [1.165, 1.54) is 30.6 Å². The molecule has 0 saturated carbocycles. The Morgan fingerprint density at radius 2 is 2.28 bits per heavy atom. The molecule has 0 spiro atoms. The Labute approximate surface area is 111 Å². The topological polar surface area (TPSA) is 50.2 Å². The molecule has 3 aliphatic rings. The molecule has 2 bridgehead atoms. The van der Waals surface area contributed by atoms with E-state index in [9.17, 15) is 4.79 Å². The van der Waals surface area contributed by atoms with Crippen LogP contribution in [-0.4, -0.2) is 52.6 Å². The molecule has 18 heavy (non-hydrogen) atoms. The minimum absolute atomic E-state index is 0.103. The molecule has 0 unspecified atom stereocenters. The van der Waals surface area contributed by atoms with Crippen molar-refractivity contribution in [3.63, 3.8) is 0 Å². The first-order valence-corrected chi connectivity index (χ1v) is 7.60. The lowest BCUT2D eigenvalue weighted by atomic mass is 9.84. The Morgan fingerprint density at radius 3 is 2.83 bits per heavy atom. The number of nitrogens with zero attached hydrogens (tertiary/aromatic N) is 3. The molecular weight excluding hydrogens is 248 g/mol. The van der Waals surface area contributed by atoms with Gasteiger partial charge in [0.2, 0.25) is 0 Å². The van der Waals surface area contributed by atoms with Crippen molar-refractivity contribution in [1.82, 2.24) is 20.0 Å². The Balaban J connectivity index is 1.64. The summed E-state index contributed by atoms with van der Waals surface area (Å²) in [4.78, 5) is 15.5. The molecule has 0 radical (unpaired) electrons. The molecule has 1 aromatic rings. The highest BCUT2D eigenvalue weighted by molar-refractivity contribution is 7.98. The minimum Gasteiger partial charge on any atom is -0.332 e. The maximum Gasteiger partial charge on any atom is 0.342 e. The van der Waals surface area contributed by atoms with Crippen molar-refractivity contribution >= 4 is 17.8 Å². The van der Waals surface area contributed by atoms with Crippen molar-refractivity contribution in [3.05, 3.63) is 12.4 Å². The van der Waals surface area contributed by atoms with Crippen LogP contribution in [0.15, 0.2) is 17.3 Å². The molecule has 3 fully saturated rings. The summed E-state index contributed by atoms with van der Waals surface area (Å²) in [5.41, 5.74) is 0. The summed E-state index contributed by atoms with van der Waals surface area (Å²) < 4.78 is 1.41. The average Bonchev–Trinajstić information content (AvgIpc) is 2.89. The number of aromatic nitrogens is 2. The summed E-state index contributed by atoms with van der Waals surface area (Å²) in [5, 5.41) is 7.20. The third-order valence-electron chi connectivity index (χ3n) is 3.97. The number of carbonyl (C=O) groups is 1. The Morgan fingerprint density at radius 1 is 1.50 bits per heavy atom. The number of piperidine rings is 3. The van der Waals surface area contributed by atoms with Crippen LogP contribution in [-0.2, 0) is 0 Å². The van der Waals surface area contributed by atoms with Gasteiger partial charge in [0.15, 0.2) is 0 Å². The first-order chi connectivity index (χ1) is 8.76. The highest BCUT2D eigenvalue weighted by Gasteiger charge is 2.35. The van der Waals surface area contributed by atoms with E-state index in [4.69, 9.17) is 0 Å². The van der Waals surface area contributed by atoms with E-state index in [1.54, 1.807) is 24.2 Å². The van der Waals surface area contributed by atoms with Crippen LogP contribution in [0.5, 0.6) is 0 Å². The van der Waals surface area contributed by atoms with Crippen LogP contribution in [0.2, 0.25) is 0 Å². The number of hydrogen-bond acceptors (Lipinski definition) is 4. The third kappa shape index (κ3) is 2.27. The molecule has 4 heterocycles. The second-order valence-electron chi connectivity index (χ2n) is 5.02. The Kier molecular flexibility index (Phi) is 3.30. The standard InChI is InChI=1S/C12H18N4OS/c1-18-10-6-13-16(7-10)12(17)14-11-8-15-4-2-9(11)3-5-15/h6-7,9,11H,2-5,8H2,1H3,(H,14,17)/t11-/m0/s1. The molecule has 98 valence electrons. The number of amides is 1. The molecule has 1 amide bonds. The number of rotatable bonds is 2. The van der Waals surface area contributed by atoms with Gasteiger partial charge >= 0.3 is 6.03 Å². The second-order valence-corrected chi connectivity index (χ2v) is 5.90. The van der Waals surface area contributed by atoms with Gasteiger partial charge in [-0.05, 0) is 38.1 Å². The predicted molar refractivity (Wildman–Crippen MR) is 70.9 cm³/mol. The van der Waals surface area contributed by atoms with Gasteiger partial charge in [0.1, 0.15) is 0 Å². The molecule has 3 aliphatic heterocycles. The van der Waals surface area contributed by atoms with Gasteiger partial charge in [-0.2, -0.15) is 9.78 Å². The van der Waals surface area contributed by atoms with E-state index < -0.39 is 0 Å². The fraction of sp³-hybridized carbons (Fsp3) is 0.667. The molecule has 6 heteroatoms.